The molecule has 0 amide bonds. The zero-order valence-electron chi connectivity index (χ0n) is 11.5. The predicted octanol–water partition coefficient (Wildman–Crippen LogP) is 2.66. The highest BCUT2D eigenvalue weighted by Gasteiger charge is 2.26. The number of carboxylic acids is 1. The van der Waals surface area contributed by atoms with Crippen LogP contribution in [-0.4, -0.2) is 36.1 Å². The zero-order chi connectivity index (χ0) is 13.6. The van der Waals surface area contributed by atoms with Crippen LogP contribution in [0.25, 0.3) is 0 Å². The van der Waals surface area contributed by atoms with Crippen LogP contribution < -0.4 is 0 Å². The lowest BCUT2D eigenvalue weighted by Gasteiger charge is -2.23. The fourth-order valence-electron chi connectivity index (χ4n) is 1.65. The maximum atomic E-state index is 11.0. The molecule has 0 saturated heterocycles. The largest absolute Gasteiger partial charge is 0.481 e. The van der Waals surface area contributed by atoms with E-state index >= 15 is 0 Å². The molecule has 0 aliphatic heterocycles. The Morgan fingerprint density at radius 3 is 2.39 bits per heavy atom. The molecule has 0 atom stereocenters. The van der Waals surface area contributed by atoms with Gasteiger partial charge in [-0.2, -0.15) is 0 Å². The summed E-state index contributed by atoms with van der Waals surface area (Å²) in [5.74, 6) is -0.723. The van der Waals surface area contributed by atoms with E-state index < -0.39 is 11.4 Å². The van der Waals surface area contributed by atoms with Gasteiger partial charge in [-0.05, 0) is 45.8 Å². The summed E-state index contributed by atoms with van der Waals surface area (Å²) in [6.07, 6.45) is 1.68. The first-order chi connectivity index (χ1) is 8.42. The number of hydrogen-bond acceptors (Lipinski definition) is 2. The summed E-state index contributed by atoms with van der Waals surface area (Å²) >= 11 is 0. The third-order valence-electron chi connectivity index (χ3n) is 3.32. The van der Waals surface area contributed by atoms with E-state index in [0.29, 0.717) is 6.42 Å². The van der Waals surface area contributed by atoms with E-state index in [1.54, 1.807) is 13.8 Å². The van der Waals surface area contributed by atoms with Crippen molar-refractivity contribution >= 4 is 5.97 Å². The van der Waals surface area contributed by atoms with Gasteiger partial charge in [0.25, 0.3) is 0 Å². The van der Waals surface area contributed by atoms with Crippen molar-refractivity contribution in [3.05, 3.63) is 35.9 Å². The molecule has 100 valence electrons. The molecule has 0 radical (unpaired) electrons. The Morgan fingerprint density at radius 2 is 1.83 bits per heavy atom. The van der Waals surface area contributed by atoms with Crippen LogP contribution in [0, 0.1) is 5.41 Å². The molecule has 0 bridgehead atoms. The molecule has 0 fully saturated rings. The second-order valence-corrected chi connectivity index (χ2v) is 5.48. The highest BCUT2D eigenvalue weighted by molar-refractivity contribution is 5.73. The van der Waals surface area contributed by atoms with E-state index in [4.69, 9.17) is 5.11 Å². The van der Waals surface area contributed by atoms with Crippen LogP contribution in [-0.2, 0) is 11.2 Å². The molecule has 1 aromatic carbocycles. The number of carboxylic acid groups (broad SMARTS) is 1. The Hall–Kier alpha value is -1.35. The van der Waals surface area contributed by atoms with Crippen molar-refractivity contribution < 1.29 is 9.90 Å². The number of hydrogen-bond donors (Lipinski definition) is 1. The SMILES string of the molecule is CN(CCc1ccccc1)CCC(C)(C)C(=O)O. The first-order valence-corrected chi connectivity index (χ1v) is 6.38. The molecule has 0 aromatic heterocycles. The van der Waals surface area contributed by atoms with E-state index in [1.165, 1.54) is 5.56 Å². The third-order valence-corrected chi connectivity index (χ3v) is 3.32. The normalized spacial score (nSPS) is 11.8. The van der Waals surface area contributed by atoms with Gasteiger partial charge in [0.1, 0.15) is 0 Å². The number of aliphatic carboxylic acids is 1. The van der Waals surface area contributed by atoms with Crippen LogP contribution in [0.2, 0.25) is 0 Å². The van der Waals surface area contributed by atoms with E-state index in [1.807, 2.05) is 25.2 Å². The van der Waals surface area contributed by atoms with E-state index in [9.17, 15) is 4.79 Å². The maximum Gasteiger partial charge on any atom is 0.309 e. The van der Waals surface area contributed by atoms with Crippen LogP contribution in [0.15, 0.2) is 30.3 Å². The topological polar surface area (TPSA) is 40.5 Å². The van der Waals surface area contributed by atoms with Gasteiger partial charge in [-0.3, -0.25) is 4.79 Å². The predicted molar refractivity (Wildman–Crippen MR) is 73.7 cm³/mol. The van der Waals surface area contributed by atoms with Gasteiger partial charge in [0.2, 0.25) is 0 Å². The number of benzene rings is 1. The molecule has 3 heteroatoms. The molecule has 18 heavy (non-hydrogen) atoms. The number of likely N-dealkylation sites (N-methyl/N-ethyl adjacent to an activating group) is 1. The monoisotopic (exact) mass is 249 g/mol. The minimum atomic E-state index is -0.723. The van der Waals surface area contributed by atoms with Crippen molar-refractivity contribution in [1.29, 1.82) is 0 Å². The minimum Gasteiger partial charge on any atom is -0.481 e. The molecule has 1 aromatic rings. The lowest BCUT2D eigenvalue weighted by molar-refractivity contribution is -0.147. The average molecular weight is 249 g/mol. The van der Waals surface area contributed by atoms with Crippen molar-refractivity contribution in [3.63, 3.8) is 0 Å². The molecule has 0 unspecified atom stereocenters. The summed E-state index contributed by atoms with van der Waals surface area (Å²) in [5, 5.41) is 9.04. The summed E-state index contributed by atoms with van der Waals surface area (Å²) in [5.41, 5.74) is 0.683. The first-order valence-electron chi connectivity index (χ1n) is 6.38. The van der Waals surface area contributed by atoms with Crippen LogP contribution in [0.5, 0.6) is 0 Å². The molecule has 3 nitrogen and oxygen atoms in total. The smallest absolute Gasteiger partial charge is 0.309 e. The van der Waals surface area contributed by atoms with Crippen molar-refractivity contribution in [2.24, 2.45) is 5.41 Å². The molecular weight excluding hydrogens is 226 g/mol. The molecule has 0 heterocycles. The molecule has 1 N–H and O–H groups in total. The number of nitrogens with zero attached hydrogens (tertiary/aromatic N) is 1. The van der Waals surface area contributed by atoms with Gasteiger partial charge in [0.05, 0.1) is 5.41 Å². The van der Waals surface area contributed by atoms with E-state index in [-0.39, 0.29) is 0 Å². The van der Waals surface area contributed by atoms with Gasteiger partial charge in [0, 0.05) is 6.54 Å². The van der Waals surface area contributed by atoms with E-state index in [0.717, 1.165) is 19.5 Å². The second kappa shape index (κ2) is 6.55. The molecular formula is C15H23NO2. The van der Waals surface area contributed by atoms with Gasteiger partial charge in [-0.15, -0.1) is 0 Å². The van der Waals surface area contributed by atoms with Crippen molar-refractivity contribution in [2.45, 2.75) is 26.7 Å². The quantitative estimate of drug-likeness (QED) is 0.807. The third kappa shape index (κ3) is 4.88. The molecule has 0 aliphatic rings. The fourth-order valence-corrected chi connectivity index (χ4v) is 1.65. The van der Waals surface area contributed by atoms with Gasteiger partial charge >= 0.3 is 5.97 Å². The summed E-state index contributed by atoms with van der Waals surface area (Å²) in [4.78, 5) is 13.2. The van der Waals surface area contributed by atoms with Crippen LogP contribution in [0.1, 0.15) is 25.8 Å². The lowest BCUT2D eigenvalue weighted by atomic mass is 9.89. The first kappa shape index (κ1) is 14.7. The Morgan fingerprint density at radius 1 is 1.22 bits per heavy atom. The van der Waals surface area contributed by atoms with Gasteiger partial charge < -0.3 is 10.0 Å². The van der Waals surface area contributed by atoms with Crippen molar-refractivity contribution in [1.82, 2.24) is 4.90 Å². The summed E-state index contributed by atoms with van der Waals surface area (Å²) in [6.45, 7) is 5.33. The Kier molecular flexibility index (Phi) is 5.35. The Bertz CT molecular complexity index is 373. The minimum absolute atomic E-state index is 0.638. The standard InChI is InChI=1S/C15H23NO2/c1-15(2,14(17)18)10-12-16(3)11-9-13-7-5-4-6-8-13/h4-8H,9-12H2,1-3H3,(H,17,18). The van der Waals surface area contributed by atoms with Gasteiger partial charge in [-0.1, -0.05) is 30.3 Å². The second-order valence-electron chi connectivity index (χ2n) is 5.48. The summed E-state index contributed by atoms with van der Waals surface area (Å²) in [7, 11) is 2.04. The highest BCUT2D eigenvalue weighted by Crippen LogP contribution is 2.20. The number of carbonyl (C=O) groups is 1. The van der Waals surface area contributed by atoms with Gasteiger partial charge in [-0.25, -0.2) is 0 Å². The van der Waals surface area contributed by atoms with Crippen molar-refractivity contribution in [2.75, 3.05) is 20.1 Å². The van der Waals surface area contributed by atoms with Crippen LogP contribution in [0.4, 0.5) is 0 Å². The van der Waals surface area contributed by atoms with Crippen LogP contribution >= 0.6 is 0 Å². The average Bonchev–Trinajstić information content (AvgIpc) is 2.35. The molecule has 0 aliphatic carbocycles. The van der Waals surface area contributed by atoms with Crippen molar-refractivity contribution in [3.8, 4) is 0 Å². The summed E-state index contributed by atoms with van der Waals surface area (Å²) < 4.78 is 0. The lowest BCUT2D eigenvalue weighted by Crippen LogP contribution is -2.31. The highest BCUT2D eigenvalue weighted by atomic mass is 16.4. The van der Waals surface area contributed by atoms with E-state index in [2.05, 4.69) is 17.0 Å². The number of rotatable bonds is 7. The van der Waals surface area contributed by atoms with Crippen LogP contribution in [0.3, 0.4) is 0 Å². The zero-order valence-corrected chi connectivity index (χ0v) is 11.5. The Labute approximate surface area is 109 Å². The maximum absolute atomic E-state index is 11.0. The molecule has 1 rings (SSSR count). The fraction of sp³-hybridized carbons (Fsp3) is 0.533. The van der Waals surface area contributed by atoms with Gasteiger partial charge in [0.15, 0.2) is 0 Å². The summed E-state index contributed by atoms with van der Waals surface area (Å²) in [6, 6.07) is 10.3. The molecule has 0 spiro atoms. The molecule has 0 saturated carbocycles. The Balaban J connectivity index is 2.30.